The van der Waals surface area contributed by atoms with Crippen LogP contribution < -0.4 is 10.2 Å². The number of amides is 1. The van der Waals surface area contributed by atoms with Gasteiger partial charge in [0, 0.05) is 34.2 Å². The Hall–Kier alpha value is -4.46. The Morgan fingerprint density at radius 2 is 1.86 bits per heavy atom. The molecule has 0 unspecified atom stereocenters. The number of carbonyl (C=O) groups excluding carboxylic acids is 2. The SMILES string of the molecule is CCOC(=O)c1ccc(-n2c(C)cc(/C=N/NC(=O)COc3cccc4cccnc34)c2C)cc1. The standard InChI is InChI=1S/C27H26N4O4/c1-4-34-27(33)21-10-12-23(13-11-21)31-18(2)15-22(19(31)3)16-29-30-25(32)17-35-24-9-5-7-20-8-6-14-28-26(20)24/h5-16H,4,17H2,1-3H3,(H,30,32)/b29-16+. The highest BCUT2D eigenvalue weighted by Crippen LogP contribution is 2.23. The van der Waals surface area contributed by atoms with Gasteiger partial charge in [-0.05, 0) is 63.2 Å². The smallest absolute Gasteiger partial charge is 0.338 e. The minimum atomic E-state index is -0.377. The van der Waals surface area contributed by atoms with Crippen LogP contribution in [-0.4, -0.2) is 40.9 Å². The molecule has 178 valence electrons. The van der Waals surface area contributed by atoms with Crippen molar-refractivity contribution in [3.8, 4) is 11.4 Å². The van der Waals surface area contributed by atoms with Crippen molar-refractivity contribution in [3.63, 3.8) is 0 Å². The van der Waals surface area contributed by atoms with Crippen LogP contribution in [0.5, 0.6) is 5.75 Å². The Balaban J connectivity index is 1.39. The van der Waals surface area contributed by atoms with Crippen molar-refractivity contribution in [2.24, 2.45) is 5.10 Å². The molecule has 8 nitrogen and oxygen atoms in total. The molecule has 1 N–H and O–H groups in total. The molecule has 35 heavy (non-hydrogen) atoms. The first-order valence-electron chi connectivity index (χ1n) is 11.2. The Morgan fingerprint density at radius 1 is 1.09 bits per heavy atom. The number of hydrogen-bond donors (Lipinski definition) is 1. The van der Waals surface area contributed by atoms with Crippen molar-refractivity contribution in [1.29, 1.82) is 0 Å². The fraction of sp³-hybridized carbons (Fsp3) is 0.185. The Kier molecular flexibility index (Phi) is 7.21. The maximum Gasteiger partial charge on any atom is 0.338 e. The second-order valence-corrected chi connectivity index (χ2v) is 7.84. The van der Waals surface area contributed by atoms with Gasteiger partial charge in [-0.1, -0.05) is 18.2 Å². The maximum atomic E-state index is 12.2. The van der Waals surface area contributed by atoms with E-state index in [0.29, 0.717) is 23.4 Å². The van der Waals surface area contributed by atoms with Crippen molar-refractivity contribution >= 4 is 29.0 Å². The second kappa shape index (κ2) is 10.6. The molecule has 0 aliphatic heterocycles. The van der Waals surface area contributed by atoms with E-state index < -0.39 is 0 Å². The van der Waals surface area contributed by atoms with Crippen LogP contribution in [0.3, 0.4) is 0 Å². The highest BCUT2D eigenvalue weighted by atomic mass is 16.5. The third-order valence-corrected chi connectivity index (χ3v) is 5.45. The number of nitrogens with zero attached hydrogens (tertiary/aromatic N) is 3. The Bertz CT molecular complexity index is 1390. The summed E-state index contributed by atoms with van der Waals surface area (Å²) in [6.45, 7) is 5.88. The van der Waals surface area contributed by atoms with E-state index >= 15 is 0 Å². The molecule has 2 aromatic heterocycles. The second-order valence-electron chi connectivity index (χ2n) is 7.84. The number of nitrogens with one attached hydrogen (secondary N) is 1. The van der Waals surface area contributed by atoms with E-state index in [1.165, 1.54) is 0 Å². The third-order valence-electron chi connectivity index (χ3n) is 5.45. The summed E-state index contributed by atoms with van der Waals surface area (Å²) in [6, 6.07) is 18.6. The molecule has 0 atom stereocenters. The minimum absolute atomic E-state index is 0.182. The predicted molar refractivity (Wildman–Crippen MR) is 134 cm³/mol. The summed E-state index contributed by atoms with van der Waals surface area (Å²) < 4.78 is 12.7. The van der Waals surface area contributed by atoms with E-state index in [-0.39, 0.29) is 18.5 Å². The predicted octanol–water partition coefficient (Wildman–Crippen LogP) is 4.35. The van der Waals surface area contributed by atoms with E-state index in [9.17, 15) is 9.59 Å². The summed E-state index contributed by atoms with van der Waals surface area (Å²) in [5.41, 5.74) is 7.42. The first-order valence-corrected chi connectivity index (χ1v) is 11.2. The van der Waals surface area contributed by atoms with Gasteiger partial charge in [-0.25, -0.2) is 10.2 Å². The van der Waals surface area contributed by atoms with Crippen LogP contribution in [0.25, 0.3) is 16.6 Å². The lowest BCUT2D eigenvalue weighted by molar-refractivity contribution is -0.123. The molecule has 4 rings (SSSR count). The normalized spacial score (nSPS) is 11.1. The molecule has 2 heterocycles. The van der Waals surface area contributed by atoms with E-state index in [1.807, 2.05) is 56.3 Å². The van der Waals surface area contributed by atoms with Crippen molar-refractivity contribution in [2.45, 2.75) is 20.8 Å². The van der Waals surface area contributed by atoms with Gasteiger partial charge in [0.25, 0.3) is 5.91 Å². The molecule has 0 saturated carbocycles. The molecule has 0 spiro atoms. The van der Waals surface area contributed by atoms with Gasteiger partial charge in [0.2, 0.25) is 0 Å². The van der Waals surface area contributed by atoms with Crippen LogP contribution in [0.1, 0.15) is 34.2 Å². The zero-order valence-corrected chi connectivity index (χ0v) is 19.8. The van der Waals surface area contributed by atoms with E-state index in [0.717, 1.165) is 28.0 Å². The summed E-state index contributed by atoms with van der Waals surface area (Å²) in [6.07, 6.45) is 3.29. The van der Waals surface area contributed by atoms with Gasteiger partial charge < -0.3 is 14.0 Å². The first-order chi connectivity index (χ1) is 17.0. The number of para-hydroxylation sites is 1. The van der Waals surface area contributed by atoms with Gasteiger partial charge >= 0.3 is 5.97 Å². The summed E-state index contributed by atoms with van der Waals surface area (Å²) in [5.74, 6) is -0.179. The molecule has 4 aromatic rings. The monoisotopic (exact) mass is 470 g/mol. The highest BCUT2D eigenvalue weighted by Gasteiger charge is 2.12. The quantitative estimate of drug-likeness (QED) is 0.235. The summed E-state index contributed by atoms with van der Waals surface area (Å²) in [5, 5.41) is 5.03. The molecule has 2 aromatic carbocycles. The molecule has 8 heteroatoms. The number of pyridine rings is 1. The number of benzene rings is 2. The van der Waals surface area contributed by atoms with E-state index in [4.69, 9.17) is 9.47 Å². The first kappa shape index (κ1) is 23.7. The molecule has 0 radical (unpaired) electrons. The van der Waals surface area contributed by atoms with Gasteiger partial charge in [0.05, 0.1) is 18.4 Å². The van der Waals surface area contributed by atoms with Crippen LogP contribution in [0.15, 0.2) is 72.0 Å². The molecular formula is C27H26N4O4. The topological polar surface area (TPSA) is 94.8 Å². The van der Waals surface area contributed by atoms with Crippen molar-refractivity contribution < 1.29 is 19.1 Å². The Labute approximate surface area is 203 Å². The Morgan fingerprint density at radius 3 is 2.63 bits per heavy atom. The average molecular weight is 471 g/mol. The van der Waals surface area contributed by atoms with Gasteiger partial charge in [-0.15, -0.1) is 0 Å². The molecule has 0 bridgehead atoms. The number of hydrazone groups is 1. The number of esters is 1. The molecule has 0 aliphatic rings. The lowest BCUT2D eigenvalue weighted by Gasteiger charge is -2.10. The van der Waals surface area contributed by atoms with Gasteiger partial charge in [-0.3, -0.25) is 9.78 Å². The van der Waals surface area contributed by atoms with Crippen LogP contribution in [0.2, 0.25) is 0 Å². The number of aromatic nitrogens is 2. The number of aryl methyl sites for hydroxylation is 1. The summed E-state index contributed by atoms with van der Waals surface area (Å²) in [4.78, 5) is 28.5. The number of fused-ring (bicyclic) bond motifs is 1. The summed E-state index contributed by atoms with van der Waals surface area (Å²) in [7, 11) is 0. The minimum Gasteiger partial charge on any atom is -0.481 e. The fourth-order valence-electron chi connectivity index (χ4n) is 3.82. The van der Waals surface area contributed by atoms with E-state index in [1.54, 1.807) is 37.5 Å². The lowest BCUT2D eigenvalue weighted by atomic mass is 10.2. The summed E-state index contributed by atoms with van der Waals surface area (Å²) >= 11 is 0. The van der Waals surface area contributed by atoms with Crippen molar-refractivity contribution in [2.75, 3.05) is 13.2 Å². The molecule has 0 aliphatic carbocycles. The number of ether oxygens (including phenoxy) is 2. The van der Waals surface area contributed by atoms with Crippen LogP contribution >= 0.6 is 0 Å². The van der Waals surface area contributed by atoms with Crippen molar-refractivity contribution in [3.05, 3.63) is 89.4 Å². The zero-order chi connectivity index (χ0) is 24.8. The van der Waals surface area contributed by atoms with Gasteiger partial charge in [0.15, 0.2) is 6.61 Å². The van der Waals surface area contributed by atoms with E-state index in [2.05, 4.69) is 20.1 Å². The van der Waals surface area contributed by atoms with Gasteiger partial charge in [0.1, 0.15) is 11.3 Å². The number of carbonyl (C=O) groups is 2. The zero-order valence-electron chi connectivity index (χ0n) is 19.8. The average Bonchev–Trinajstić information content (AvgIpc) is 3.15. The van der Waals surface area contributed by atoms with Crippen molar-refractivity contribution in [1.82, 2.24) is 15.0 Å². The number of rotatable bonds is 8. The van der Waals surface area contributed by atoms with Crippen LogP contribution in [0, 0.1) is 13.8 Å². The lowest BCUT2D eigenvalue weighted by Crippen LogP contribution is -2.24. The third kappa shape index (κ3) is 5.38. The van der Waals surface area contributed by atoms with Crippen LogP contribution in [0.4, 0.5) is 0 Å². The molecule has 0 saturated heterocycles. The molecule has 1 amide bonds. The van der Waals surface area contributed by atoms with Gasteiger partial charge in [-0.2, -0.15) is 5.10 Å². The molecular weight excluding hydrogens is 444 g/mol. The highest BCUT2D eigenvalue weighted by molar-refractivity contribution is 5.90. The largest absolute Gasteiger partial charge is 0.481 e. The van der Waals surface area contributed by atoms with Crippen LogP contribution in [-0.2, 0) is 9.53 Å². The fourth-order valence-corrected chi connectivity index (χ4v) is 3.82. The molecule has 0 fully saturated rings. The number of hydrogen-bond acceptors (Lipinski definition) is 6. The maximum absolute atomic E-state index is 12.2.